The summed E-state index contributed by atoms with van der Waals surface area (Å²) in [6.45, 7) is 5.36. The second-order valence-corrected chi connectivity index (χ2v) is 6.12. The monoisotopic (exact) mass is 330 g/mol. The first kappa shape index (κ1) is 20.9. The third-order valence-corrected chi connectivity index (χ3v) is 3.71. The molecule has 0 aliphatic carbocycles. The van der Waals surface area contributed by atoms with Gasteiger partial charge in [-0.2, -0.15) is 0 Å². The fraction of sp³-hybridized carbons (Fsp3) is 0.588. The number of benzene rings is 1. The van der Waals surface area contributed by atoms with Gasteiger partial charge in [-0.1, -0.05) is 38.8 Å². The van der Waals surface area contributed by atoms with Crippen LogP contribution in [0.3, 0.4) is 0 Å². The third kappa shape index (κ3) is 7.76. The Labute approximate surface area is 139 Å². The van der Waals surface area contributed by atoms with E-state index >= 15 is 0 Å². The molecule has 1 aromatic rings. The largest absolute Gasteiger partial charge is 0.355 e. The van der Waals surface area contributed by atoms with Crippen LogP contribution in [0, 0.1) is 5.82 Å². The summed E-state index contributed by atoms with van der Waals surface area (Å²) in [4.78, 5) is 11.8. The van der Waals surface area contributed by atoms with Gasteiger partial charge in [0.1, 0.15) is 5.82 Å². The molecule has 0 bridgehead atoms. The Hall–Kier alpha value is -1.13. The van der Waals surface area contributed by atoms with Gasteiger partial charge in [0.15, 0.2) is 0 Å². The first-order chi connectivity index (χ1) is 9.95. The zero-order chi connectivity index (χ0) is 15.7. The Morgan fingerprint density at radius 1 is 1.14 bits per heavy atom. The zero-order valence-electron chi connectivity index (χ0n) is 13.5. The van der Waals surface area contributed by atoms with Crippen LogP contribution in [0.4, 0.5) is 4.39 Å². The lowest BCUT2D eigenvalue weighted by atomic mass is 9.84. The Kier molecular flexibility index (Phi) is 10.0. The molecular formula is C17H28ClFN2O. The van der Waals surface area contributed by atoms with Crippen molar-refractivity contribution in [3.05, 3.63) is 35.6 Å². The molecule has 0 saturated heterocycles. The van der Waals surface area contributed by atoms with Crippen LogP contribution in [-0.4, -0.2) is 19.0 Å². The number of hydrogen-bond acceptors (Lipinski definition) is 2. The van der Waals surface area contributed by atoms with E-state index in [2.05, 4.69) is 5.32 Å². The van der Waals surface area contributed by atoms with Crippen molar-refractivity contribution in [3.8, 4) is 0 Å². The topological polar surface area (TPSA) is 55.1 Å². The molecule has 1 aromatic carbocycles. The Morgan fingerprint density at radius 2 is 1.73 bits per heavy atom. The van der Waals surface area contributed by atoms with E-state index in [-0.39, 0.29) is 29.5 Å². The average Bonchev–Trinajstić information content (AvgIpc) is 2.45. The minimum absolute atomic E-state index is 0. The van der Waals surface area contributed by atoms with Gasteiger partial charge in [0.25, 0.3) is 0 Å². The number of halogens is 2. The predicted octanol–water partition coefficient (Wildman–Crippen LogP) is 3.55. The lowest BCUT2D eigenvalue weighted by Gasteiger charge is -2.25. The maximum absolute atomic E-state index is 12.9. The minimum atomic E-state index is -0.240. The molecule has 0 unspecified atom stereocenters. The van der Waals surface area contributed by atoms with Crippen molar-refractivity contribution < 1.29 is 9.18 Å². The van der Waals surface area contributed by atoms with Gasteiger partial charge in [-0.15, -0.1) is 12.4 Å². The highest BCUT2D eigenvalue weighted by molar-refractivity contribution is 5.85. The first-order valence-electron chi connectivity index (χ1n) is 7.68. The van der Waals surface area contributed by atoms with Gasteiger partial charge < -0.3 is 11.1 Å². The molecule has 0 fully saturated rings. The molecule has 5 heteroatoms. The van der Waals surface area contributed by atoms with E-state index in [9.17, 15) is 9.18 Å². The van der Waals surface area contributed by atoms with Crippen LogP contribution in [-0.2, 0) is 10.2 Å². The highest BCUT2D eigenvalue weighted by Crippen LogP contribution is 2.22. The zero-order valence-corrected chi connectivity index (χ0v) is 14.3. The molecule has 0 spiro atoms. The SMILES string of the molecule is CC(C)(CNC(=O)CCCCCCN)c1ccc(F)cc1.Cl. The van der Waals surface area contributed by atoms with Crippen LogP contribution in [0.25, 0.3) is 0 Å². The Bertz CT molecular complexity index is 435. The molecule has 3 nitrogen and oxygen atoms in total. The fourth-order valence-corrected chi connectivity index (χ4v) is 2.19. The number of rotatable bonds is 9. The van der Waals surface area contributed by atoms with Crippen LogP contribution in [0.2, 0.25) is 0 Å². The summed E-state index contributed by atoms with van der Waals surface area (Å²) >= 11 is 0. The molecule has 0 saturated carbocycles. The summed E-state index contributed by atoms with van der Waals surface area (Å²) in [5.41, 5.74) is 6.24. The van der Waals surface area contributed by atoms with E-state index in [1.165, 1.54) is 12.1 Å². The highest BCUT2D eigenvalue weighted by Gasteiger charge is 2.21. The summed E-state index contributed by atoms with van der Waals surface area (Å²) < 4.78 is 12.9. The first-order valence-corrected chi connectivity index (χ1v) is 7.68. The number of amides is 1. The van der Waals surface area contributed by atoms with Crippen molar-refractivity contribution in [1.82, 2.24) is 5.32 Å². The van der Waals surface area contributed by atoms with E-state index in [0.29, 0.717) is 13.0 Å². The van der Waals surface area contributed by atoms with Crippen LogP contribution >= 0.6 is 12.4 Å². The van der Waals surface area contributed by atoms with Gasteiger partial charge in [-0.25, -0.2) is 4.39 Å². The van der Waals surface area contributed by atoms with Gasteiger partial charge in [0.05, 0.1) is 0 Å². The molecule has 0 radical (unpaired) electrons. The predicted molar refractivity (Wildman–Crippen MR) is 91.8 cm³/mol. The number of hydrogen-bond donors (Lipinski definition) is 2. The number of nitrogens with one attached hydrogen (secondary N) is 1. The van der Waals surface area contributed by atoms with Gasteiger partial charge in [0.2, 0.25) is 5.91 Å². The van der Waals surface area contributed by atoms with Crippen molar-refractivity contribution in [1.29, 1.82) is 0 Å². The average molecular weight is 331 g/mol. The maximum Gasteiger partial charge on any atom is 0.220 e. The number of carbonyl (C=O) groups is 1. The van der Waals surface area contributed by atoms with Crippen LogP contribution < -0.4 is 11.1 Å². The third-order valence-electron chi connectivity index (χ3n) is 3.71. The van der Waals surface area contributed by atoms with E-state index in [4.69, 9.17) is 5.73 Å². The lowest BCUT2D eigenvalue weighted by Crippen LogP contribution is -2.36. The van der Waals surface area contributed by atoms with E-state index in [1.807, 2.05) is 13.8 Å². The standard InChI is InChI=1S/C17H27FN2O.ClH/c1-17(2,14-8-10-15(18)11-9-14)13-20-16(21)7-5-3-4-6-12-19;/h8-11H,3-7,12-13,19H2,1-2H3,(H,20,21);1H. The molecule has 126 valence electrons. The Morgan fingerprint density at radius 3 is 2.32 bits per heavy atom. The van der Waals surface area contributed by atoms with Crippen molar-refractivity contribution in [2.45, 2.75) is 51.4 Å². The summed E-state index contributed by atoms with van der Waals surface area (Å²) in [6, 6.07) is 6.45. The quantitative estimate of drug-likeness (QED) is 0.680. The fourth-order valence-electron chi connectivity index (χ4n) is 2.19. The molecule has 0 aromatic heterocycles. The number of carbonyl (C=O) groups excluding carboxylic acids is 1. The molecule has 0 aliphatic heterocycles. The van der Waals surface area contributed by atoms with Gasteiger partial charge in [-0.05, 0) is 37.1 Å². The van der Waals surface area contributed by atoms with Gasteiger partial charge in [0, 0.05) is 18.4 Å². The summed E-state index contributed by atoms with van der Waals surface area (Å²) in [5.74, 6) is -0.158. The highest BCUT2D eigenvalue weighted by atomic mass is 35.5. The van der Waals surface area contributed by atoms with E-state index in [0.717, 1.165) is 37.8 Å². The number of nitrogens with two attached hydrogens (primary N) is 1. The second kappa shape index (κ2) is 10.6. The summed E-state index contributed by atoms with van der Waals surface area (Å²) in [7, 11) is 0. The van der Waals surface area contributed by atoms with Gasteiger partial charge in [-0.3, -0.25) is 4.79 Å². The van der Waals surface area contributed by atoms with Crippen molar-refractivity contribution in [2.24, 2.45) is 5.73 Å². The Balaban J connectivity index is 0.00000441. The summed E-state index contributed by atoms with van der Waals surface area (Å²) in [6.07, 6.45) is 4.63. The molecule has 22 heavy (non-hydrogen) atoms. The normalized spacial score (nSPS) is 10.9. The lowest BCUT2D eigenvalue weighted by molar-refractivity contribution is -0.121. The molecule has 3 N–H and O–H groups in total. The van der Waals surface area contributed by atoms with Crippen molar-refractivity contribution in [3.63, 3.8) is 0 Å². The minimum Gasteiger partial charge on any atom is -0.355 e. The van der Waals surface area contributed by atoms with Crippen LogP contribution in [0.5, 0.6) is 0 Å². The van der Waals surface area contributed by atoms with Crippen molar-refractivity contribution in [2.75, 3.05) is 13.1 Å². The van der Waals surface area contributed by atoms with Crippen LogP contribution in [0.1, 0.15) is 51.5 Å². The molecule has 1 rings (SSSR count). The smallest absolute Gasteiger partial charge is 0.220 e. The van der Waals surface area contributed by atoms with E-state index < -0.39 is 0 Å². The van der Waals surface area contributed by atoms with Crippen LogP contribution in [0.15, 0.2) is 24.3 Å². The maximum atomic E-state index is 12.9. The molecule has 0 aliphatic rings. The molecule has 0 heterocycles. The number of unbranched alkanes of at least 4 members (excludes halogenated alkanes) is 3. The van der Waals surface area contributed by atoms with Gasteiger partial charge >= 0.3 is 0 Å². The summed E-state index contributed by atoms with van der Waals surface area (Å²) in [5, 5.41) is 2.97. The van der Waals surface area contributed by atoms with Crippen molar-refractivity contribution >= 4 is 18.3 Å². The molecular weight excluding hydrogens is 303 g/mol. The van der Waals surface area contributed by atoms with E-state index in [1.54, 1.807) is 12.1 Å². The second-order valence-electron chi connectivity index (χ2n) is 6.12. The molecule has 1 amide bonds. The molecule has 0 atom stereocenters.